The van der Waals surface area contributed by atoms with Crippen molar-refractivity contribution in [2.75, 3.05) is 52.4 Å². The Kier molecular flexibility index (Phi) is 8.55. The molecule has 2 atom stereocenters. The maximum Gasteiger partial charge on any atom is 0.239 e. The van der Waals surface area contributed by atoms with E-state index in [1.165, 1.54) is 5.56 Å². The summed E-state index contributed by atoms with van der Waals surface area (Å²) in [7, 11) is 0. The fourth-order valence-corrected chi connectivity index (χ4v) is 4.42. The van der Waals surface area contributed by atoms with Gasteiger partial charge in [-0.15, -0.1) is 0 Å². The monoisotopic (exact) mass is 413 g/mol. The third-order valence-electron chi connectivity index (χ3n) is 6.46. The smallest absolute Gasteiger partial charge is 0.239 e. The Morgan fingerprint density at radius 3 is 2.30 bits per heavy atom. The summed E-state index contributed by atoms with van der Waals surface area (Å²) in [4.78, 5) is 24.3. The third-order valence-corrected chi connectivity index (χ3v) is 6.46. The highest BCUT2D eigenvalue weighted by molar-refractivity contribution is 5.82. The van der Waals surface area contributed by atoms with Gasteiger partial charge < -0.3 is 15.1 Å². The molecule has 1 N–H and O–H groups in total. The summed E-state index contributed by atoms with van der Waals surface area (Å²) in [6, 6.07) is 10.7. The Morgan fingerprint density at radius 2 is 1.67 bits per heavy atom. The molecule has 0 aliphatic carbocycles. The maximum atomic E-state index is 12.7. The van der Waals surface area contributed by atoms with Gasteiger partial charge in [0.2, 0.25) is 5.91 Å². The van der Waals surface area contributed by atoms with E-state index >= 15 is 0 Å². The lowest BCUT2D eigenvalue weighted by Crippen LogP contribution is -2.57. The number of hydrogen-bond acceptors (Lipinski definition) is 3. The van der Waals surface area contributed by atoms with Crippen LogP contribution < -0.4 is 5.32 Å². The molecule has 0 aromatic heterocycles. The fourth-order valence-electron chi connectivity index (χ4n) is 4.42. The van der Waals surface area contributed by atoms with E-state index in [2.05, 4.69) is 66.2 Å². The average Bonchev–Trinajstić information content (AvgIpc) is 3.33. The normalized spacial score (nSPS) is 20.3. The van der Waals surface area contributed by atoms with E-state index in [-0.39, 0.29) is 6.04 Å². The first-order valence-electron chi connectivity index (χ1n) is 11.7. The van der Waals surface area contributed by atoms with Crippen molar-refractivity contribution in [1.29, 1.82) is 0 Å². The lowest BCUT2D eigenvalue weighted by Gasteiger charge is -2.39. The third kappa shape index (κ3) is 5.97. The molecule has 0 radical (unpaired) electrons. The highest BCUT2D eigenvalue weighted by Gasteiger charge is 2.30. The molecule has 0 bridgehead atoms. The number of rotatable bonds is 7. The van der Waals surface area contributed by atoms with Gasteiger partial charge in [-0.05, 0) is 44.6 Å². The molecule has 2 aliphatic rings. The Balaban J connectivity index is 1.49. The zero-order valence-corrected chi connectivity index (χ0v) is 19.0. The number of piperazine rings is 1. The molecule has 1 aromatic rings. The minimum atomic E-state index is -0.0171. The Bertz CT molecular complexity index is 678. The van der Waals surface area contributed by atoms with E-state index in [4.69, 9.17) is 4.99 Å². The molecule has 166 valence electrons. The lowest BCUT2D eigenvalue weighted by atomic mass is 9.98. The van der Waals surface area contributed by atoms with Crippen LogP contribution in [0.5, 0.6) is 0 Å². The molecule has 2 saturated heterocycles. The van der Waals surface area contributed by atoms with Crippen molar-refractivity contribution in [1.82, 2.24) is 20.0 Å². The van der Waals surface area contributed by atoms with Crippen LogP contribution in [0.3, 0.4) is 0 Å². The first-order valence-corrected chi connectivity index (χ1v) is 11.7. The number of nitrogens with one attached hydrogen (secondary N) is 1. The number of nitrogens with zero attached hydrogens (tertiary/aromatic N) is 4. The molecule has 0 saturated carbocycles. The minimum absolute atomic E-state index is 0.0171. The first-order chi connectivity index (χ1) is 14.6. The molecule has 30 heavy (non-hydrogen) atoms. The van der Waals surface area contributed by atoms with Crippen LogP contribution in [-0.4, -0.2) is 85.0 Å². The van der Waals surface area contributed by atoms with E-state index < -0.39 is 0 Å². The van der Waals surface area contributed by atoms with Gasteiger partial charge in [0, 0.05) is 52.4 Å². The predicted molar refractivity (Wildman–Crippen MR) is 124 cm³/mol. The number of hydrogen-bond donors (Lipinski definition) is 1. The molecule has 2 fully saturated rings. The highest BCUT2D eigenvalue weighted by Crippen LogP contribution is 2.18. The number of likely N-dealkylation sites (tertiary alicyclic amines) is 1. The summed E-state index contributed by atoms with van der Waals surface area (Å²) in [5.74, 6) is 1.82. The van der Waals surface area contributed by atoms with Crippen molar-refractivity contribution < 1.29 is 4.79 Å². The van der Waals surface area contributed by atoms with Crippen LogP contribution in [-0.2, 0) is 4.79 Å². The quantitative estimate of drug-likeness (QED) is 0.552. The van der Waals surface area contributed by atoms with Gasteiger partial charge in [-0.1, -0.05) is 37.3 Å². The number of carbonyl (C=O) groups excluding carboxylic acids is 1. The second-order valence-electron chi connectivity index (χ2n) is 8.57. The number of guanidine groups is 1. The standard InChI is InChI=1S/C24H39N5O/c1-4-25-24(26-13-12-20(2)22-10-6-5-7-11-22)29-18-16-27(17-19-29)21(3)23(30)28-14-8-9-15-28/h5-7,10-11,20-21H,4,8-9,12-19H2,1-3H3,(H,25,26). The van der Waals surface area contributed by atoms with E-state index in [1.807, 2.05) is 4.90 Å². The molecule has 0 spiro atoms. The van der Waals surface area contributed by atoms with Gasteiger partial charge in [-0.3, -0.25) is 14.7 Å². The molecule has 6 heteroatoms. The van der Waals surface area contributed by atoms with E-state index in [0.29, 0.717) is 11.8 Å². The second-order valence-corrected chi connectivity index (χ2v) is 8.57. The largest absolute Gasteiger partial charge is 0.357 e. The molecular weight excluding hydrogens is 374 g/mol. The summed E-state index contributed by atoms with van der Waals surface area (Å²) in [5, 5.41) is 3.46. The second kappa shape index (κ2) is 11.3. The SMILES string of the molecule is CCNC(=NCCC(C)c1ccccc1)N1CCN(C(C)C(=O)N2CCCC2)CC1. The average molecular weight is 414 g/mol. The predicted octanol–water partition coefficient (Wildman–Crippen LogP) is 2.77. The van der Waals surface area contributed by atoms with Gasteiger partial charge in [-0.25, -0.2) is 0 Å². The van der Waals surface area contributed by atoms with Crippen LogP contribution in [0.4, 0.5) is 0 Å². The summed E-state index contributed by atoms with van der Waals surface area (Å²) in [5.41, 5.74) is 1.38. The van der Waals surface area contributed by atoms with Gasteiger partial charge in [-0.2, -0.15) is 0 Å². The van der Waals surface area contributed by atoms with Gasteiger partial charge in [0.1, 0.15) is 0 Å². The molecule has 2 unspecified atom stereocenters. The fraction of sp³-hybridized carbons (Fsp3) is 0.667. The van der Waals surface area contributed by atoms with Crippen molar-refractivity contribution in [3.63, 3.8) is 0 Å². The molecule has 2 heterocycles. The zero-order chi connectivity index (χ0) is 21.3. The number of benzene rings is 1. The van der Waals surface area contributed by atoms with Crippen LogP contribution in [0.15, 0.2) is 35.3 Å². The molecule has 6 nitrogen and oxygen atoms in total. The summed E-state index contributed by atoms with van der Waals surface area (Å²) < 4.78 is 0. The van der Waals surface area contributed by atoms with Crippen molar-refractivity contribution in [2.45, 2.75) is 52.0 Å². The summed E-state index contributed by atoms with van der Waals surface area (Å²) in [6.07, 6.45) is 3.34. The minimum Gasteiger partial charge on any atom is -0.357 e. The van der Waals surface area contributed by atoms with E-state index in [9.17, 15) is 4.79 Å². The van der Waals surface area contributed by atoms with E-state index in [0.717, 1.165) is 77.6 Å². The van der Waals surface area contributed by atoms with Crippen LogP contribution in [0, 0.1) is 0 Å². The molecule has 1 amide bonds. The number of aliphatic imine (C=N–C) groups is 1. The van der Waals surface area contributed by atoms with Gasteiger partial charge in [0.25, 0.3) is 0 Å². The highest BCUT2D eigenvalue weighted by atomic mass is 16.2. The summed E-state index contributed by atoms with van der Waals surface area (Å²) in [6.45, 7) is 13.7. The zero-order valence-electron chi connectivity index (χ0n) is 19.0. The van der Waals surface area contributed by atoms with Crippen molar-refractivity contribution in [3.8, 4) is 0 Å². The number of amides is 1. The molecular formula is C24H39N5O. The van der Waals surface area contributed by atoms with Crippen LogP contribution in [0.25, 0.3) is 0 Å². The van der Waals surface area contributed by atoms with Gasteiger partial charge >= 0.3 is 0 Å². The van der Waals surface area contributed by atoms with Crippen LogP contribution in [0.1, 0.15) is 51.5 Å². The van der Waals surface area contributed by atoms with Gasteiger partial charge in [0.05, 0.1) is 6.04 Å². The molecule has 1 aromatic carbocycles. The van der Waals surface area contributed by atoms with Gasteiger partial charge in [0.15, 0.2) is 5.96 Å². The van der Waals surface area contributed by atoms with Crippen LogP contribution in [0.2, 0.25) is 0 Å². The number of carbonyl (C=O) groups is 1. The first kappa shape index (κ1) is 22.6. The van der Waals surface area contributed by atoms with E-state index in [1.54, 1.807) is 0 Å². The maximum absolute atomic E-state index is 12.7. The Hall–Kier alpha value is -2.08. The lowest BCUT2D eigenvalue weighted by molar-refractivity contribution is -0.135. The van der Waals surface area contributed by atoms with Crippen molar-refractivity contribution >= 4 is 11.9 Å². The Morgan fingerprint density at radius 1 is 1.00 bits per heavy atom. The topological polar surface area (TPSA) is 51.2 Å². The molecule has 2 aliphatic heterocycles. The van der Waals surface area contributed by atoms with Crippen molar-refractivity contribution in [3.05, 3.63) is 35.9 Å². The van der Waals surface area contributed by atoms with Crippen molar-refractivity contribution in [2.24, 2.45) is 4.99 Å². The molecule has 3 rings (SSSR count). The van der Waals surface area contributed by atoms with Crippen LogP contribution >= 0.6 is 0 Å². The Labute approximate surface area is 182 Å². The summed E-state index contributed by atoms with van der Waals surface area (Å²) >= 11 is 0.